The highest BCUT2D eigenvalue weighted by Crippen LogP contribution is 2.17. The van der Waals surface area contributed by atoms with Crippen LogP contribution in [0.25, 0.3) is 11.0 Å². The molecule has 2 aromatic heterocycles. The summed E-state index contributed by atoms with van der Waals surface area (Å²) in [5, 5.41) is 3.26. The Balaban J connectivity index is 2.04. The Hall–Kier alpha value is -2.35. The predicted molar refractivity (Wildman–Crippen MR) is 94.0 cm³/mol. The zero-order chi connectivity index (χ0) is 18.1. The van der Waals surface area contributed by atoms with Gasteiger partial charge in [0.2, 0.25) is 0 Å². The largest absolute Gasteiger partial charge is 0.376 e. The lowest BCUT2D eigenvalue weighted by atomic mass is 10.2. The maximum atomic E-state index is 12.7. The Kier molecular flexibility index (Phi) is 4.80. The third kappa shape index (κ3) is 3.02. The summed E-state index contributed by atoms with van der Waals surface area (Å²) < 4.78 is 9.76. The number of rotatable bonds is 5. The topological polar surface area (TPSA) is 87.3 Å². The highest BCUT2D eigenvalue weighted by molar-refractivity contribution is 5.97. The maximum absolute atomic E-state index is 12.7. The first kappa shape index (κ1) is 17.5. The number of nitrogens with one attached hydrogen (secondary N) is 1. The molecule has 0 spiro atoms. The van der Waals surface area contributed by atoms with E-state index in [1.165, 1.54) is 11.6 Å². The van der Waals surface area contributed by atoms with E-state index >= 15 is 0 Å². The van der Waals surface area contributed by atoms with Gasteiger partial charge in [0.15, 0.2) is 0 Å². The SMILES string of the molecule is CCCn1c(C(=O)NC[C@@H]2CCCO2)cc2c(=O)n(C)c(=O)n(C)c21. The molecular weight excluding hydrogens is 324 g/mol. The summed E-state index contributed by atoms with van der Waals surface area (Å²) in [6.45, 7) is 3.71. The minimum Gasteiger partial charge on any atom is -0.376 e. The van der Waals surface area contributed by atoms with Gasteiger partial charge in [-0.15, -0.1) is 0 Å². The summed E-state index contributed by atoms with van der Waals surface area (Å²) in [7, 11) is 3.06. The molecule has 3 heterocycles. The summed E-state index contributed by atoms with van der Waals surface area (Å²) in [5.41, 5.74) is 0.0887. The number of hydrogen-bond acceptors (Lipinski definition) is 4. The Labute approximate surface area is 145 Å². The van der Waals surface area contributed by atoms with Gasteiger partial charge in [-0.25, -0.2) is 4.79 Å². The highest BCUT2D eigenvalue weighted by atomic mass is 16.5. The Morgan fingerprint density at radius 2 is 2.08 bits per heavy atom. The van der Waals surface area contributed by atoms with Crippen molar-refractivity contribution in [2.24, 2.45) is 14.1 Å². The van der Waals surface area contributed by atoms with Gasteiger partial charge in [0.1, 0.15) is 11.3 Å². The molecule has 8 heteroatoms. The van der Waals surface area contributed by atoms with Crippen molar-refractivity contribution in [3.8, 4) is 0 Å². The van der Waals surface area contributed by atoms with Crippen LogP contribution >= 0.6 is 0 Å². The van der Waals surface area contributed by atoms with E-state index < -0.39 is 5.69 Å². The van der Waals surface area contributed by atoms with E-state index in [4.69, 9.17) is 4.74 Å². The van der Waals surface area contributed by atoms with Crippen LogP contribution in [0.15, 0.2) is 15.7 Å². The molecule has 2 aromatic rings. The molecule has 1 aliphatic heterocycles. The lowest BCUT2D eigenvalue weighted by Gasteiger charge is -2.14. The number of nitrogens with zero attached hydrogens (tertiary/aromatic N) is 3. The van der Waals surface area contributed by atoms with Crippen LogP contribution < -0.4 is 16.6 Å². The number of fused-ring (bicyclic) bond motifs is 1. The number of ether oxygens (including phenoxy) is 1. The van der Waals surface area contributed by atoms with Crippen molar-refractivity contribution >= 4 is 16.9 Å². The number of aryl methyl sites for hydroxylation is 2. The third-order valence-electron chi connectivity index (χ3n) is 4.69. The van der Waals surface area contributed by atoms with Crippen molar-refractivity contribution in [3.63, 3.8) is 0 Å². The number of hydrogen-bond donors (Lipinski definition) is 1. The fraction of sp³-hybridized carbons (Fsp3) is 0.588. The van der Waals surface area contributed by atoms with Gasteiger partial charge in [0.25, 0.3) is 11.5 Å². The third-order valence-corrected chi connectivity index (χ3v) is 4.69. The molecule has 3 rings (SSSR count). The standard InChI is InChI=1S/C17H24N4O4/c1-4-7-21-13(14(22)18-10-11-6-5-8-25-11)9-12-15(21)19(2)17(24)20(3)16(12)23/h9,11H,4-8,10H2,1-3H3,(H,18,22)/t11-/m0/s1. The molecule has 8 nitrogen and oxygen atoms in total. The molecule has 1 atom stereocenters. The second-order valence-electron chi connectivity index (χ2n) is 6.47. The number of amides is 1. The van der Waals surface area contributed by atoms with Crippen molar-refractivity contribution in [1.82, 2.24) is 19.0 Å². The zero-order valence-corrected chi connectivity index (χ0v) is 14.9. The van der Waals surface area contributed by atoms with Crippen LogP contribution in [0.4, 0.5) is 0 Å². The van der Waals surface area contributed by atoms with Crippen molar-refractivity contribution < 1.29 is 9.53 Å². The summed E-state index contributed by atoms with van der Waals surface area (Å²) in [5.74, 6) is -0.255. The zero-order valence-electron chi connectivity index (χ0n) is 14.9. The summed E-state index contributed by atoms with van der Waals surface area (Å²) >= 11 is 0. The Morgan fingerprint density at radius 3 is 2.72 bits per heavy atom. The normalized spacial score (nSPS) is 17.3. The van der Waals surface area contributed by atoms with E-state index in [1.54, 1.807) is 17.7 Å². The fourth-order valence-electron chi connectivity index (χ4n) is 3.38. The van der Waals surface area contributed by atoms with Crippen LogP contribution in [0.5, 0.6) is 0 Å². The molecule has 1 aliphatic rings. The molecule has 1 fully saturated rings. The molecule has 0 aromatic carbocycles. The number of carbonyl (C=O) groups excluding carboxylic acids is 1. The predicted octanol–water partition coefficient (Wildman–Crippen LogP) is 0.358. The smallest absolute Gasteiger partial charge is 0.332 e. The molecule has 0 unspecified atom stereocenters. The molecule has 0 radical (unpaired) electrons. The first-order valence-corrected chi connectivity index (χ1v) is 8.64. The van der Waals surface area contributed by atoms with Gasteiger partial charge in [-0.3, -0.25) is 18.7 Å². The summed E-state index contributed by atoms with van der Waals surface area (Å²) in [6, 6.07) is 1.58. The van der Waals surface area contributed by atoms with Crippen molar-refractivity contribution in [1.29, 1.82) is 0 Å². The van der Waals surface area contributed by atoms with Crippen molar-refractivity contribution in [2.45, 2.75) is 38.8 Å². The van der Waals surface area contributed by atoms with Gasteiger partial charge in [-0.1, -0.05) is 6.92 Å². The van der Waals surface area contributed by atoms with Gasteiger partial charge in [0, 0.05) is 33.8 Å². The first-order valence-electron chi connectivity index (χ1n) is 8.64. The second-order valence-corrected chi connectivity index (χ2v) is 6.47. The van der Waals surface area contributed by atoms with E-state index in [1.807, 2.05) is 6.92 Å². The molecule has 1 saturated heterocycles. The van der Waals surface area contributed by atoms with E-state index in [9.17, 15) is 14.4 Å². The highest BCUT2D eigenvalue weighted by Gasteiger charge is 2.22. The van der Waals surface area contributed by atoms with E-state index in [0.29, 0.717) is 29.8 Å². The molecule has 1 amide bonds. The Morgan fingerprint density at radius 1 is 1.32 bits per heavy atom. The van der Waals surface area contributed by atoms with Crippen LogP contribution in [0.3, 0.4) is 0 Å². The maximum Gasteiger partial charge on any atom is 0.332 e. The van der Waals surface area contributed by atoms with Crippen LogP contribution in [-0.4, -0.2) is 38.9 Å². The van der Waals surface area contributed by atoms with E-state index in [2.05, 4.69) is 5.32 Å². The molecule has 136 valence electrons. The average molecular weight is 348 g/mol. The van der Waals surface area contributed by atoms with E-state index in [-0.39, 0.29) is 17.6 Å². The van der Waals surface area contributed by atoms with Crippen LogP contribution in [-0.2, 0) is 25.4 Å². The van der Waals surface area contributed by atoms with Gasteiger partial charge in [-0.2, -0.15) is 0 Å². The number of carbonyl (C=O) groups is 1. The average Bonchev–Trinajstić information content (AvgIpc) is 3.24. The Bertz CT molecular complexity index is 915. The molecular formula is C17H24N4O4. The molecule has 1 N–H and O–H groups in total. The minimum absolute atomic E-state index is 0.0465. The first-order chi connectivity index (χ1) is 12.0. The van der Waals surface area contributed by atoms with Crippen LogP contribution in [0.1, 0.15) is 36.7 Å². The second kappa shape index (κ2) is 6.87. The fourth-order valence-corrected chi connectivity index (χ4v) is 3.38. The monoisotopic (exact) mass is 348 g/mol. The lowest BCUT2D eigenvalue weighted by molar-refractivity contribution is 0.0850. The quantitative estimate of drug-likeness (QED) is 0.845. The van der Waals surface area contributed by atoms with Crippen LogP contribution in [0, 0.1) is 0 Å². The van der Waals surface area contributed by atoms with Gasteiger partial charge < -0.3 is 14.6 Å². The van der Waals surface area contributed by atoms with E-state index in [0.717, 1.165) is 30.4 Å². The molecule has 25 heavy (non-hydrogen) atoms. The molecule has 0 bridgehead atoms. The van der Waals surface area contributed by atoms with Gasteiger partial charge in [-0.05, 0) is 25.3 Å². The van der Waals surface area contributed by atoms with Crippen molar-refractivity contribution in [3.05, 3.63) is 32.6 Å². The lowest BCUT2D eigenvalue weighted by Crippen LogP contribution is -2.37. The molecule has 0 saturated carbocycles. The van der Waals surface area contributed by atoms with Gasteiger partial charge in [0.05, 0.1) is 11.5 Å². The molecule has 0 aliphatic carbocycles. The number of aromatic nitrogens is 3. The van der Waals surface area contributed by atoms with Gasteiger partial charge >= 0.3 is 5.69 Å². The summed E-state index contributed by atoms with van der Waals surface area (Å²) in [4.78, 5) is 37.4. The summed E-state index contributed by atoms with van der Waals surface area (Å²) in [6.07, 6.45) is 2.77. The van der Waals surface area contributed by atoms with Crippen LogP contribution in [0.2, 0.25) is 0 Å². The minimum atomic E-state index is -0.403. The van der Waals surface area contributed by atoms with Crippen molar-refractivity contribution in [2.75, 3.05) is 13.2 Å².